The molecule has 0 spiro atoms. The maximum absolute atomic E-state index is 10.6. The van der Waals surface area contributed by atoms with Crippen molar-refractivity contribution >= 4 is 17.6 Å². The number of rotatable bonds is 2. The summed E-state index contributed by atoms with van der Waals surface area (Å²) in [4.78, 5) is 18.3. The van der Waals surface area contributed by atoms with Gasteiger partial charge in [0.05, 0.1) is 0 Å². The van der Waals surface area contributed by atoms with Gasteiger partial charge in [-0.15, -0.1) is 0 Å². The molecule has 0 bridgehead atoms. The highest BCUT2D eigenvalue weighted by molar-refractivity contribution is 6.29. The third-order valence-electron chi connectivity index (χ3n) is 1.45. The van der Waals surface area contributed by atoms with Crippen molar-refractivity contribution in [2.45, 2.75) is 19.8 Å². The van der Waals surface area contributed by atoms with E-state index < -0.39 is 5.97 Å². The number of carboxylic acid groups (broad SMARTS) is 1. The van der Waals surface area contributed by atoms with Crippen LogP contribution in [-0.2, 0) is 0 Å². The van der Waals surface area contributed by atoms with Crippen molar-refractivity contribution in [1.29, 1.82) is 0 Å². The molecule has 1 aromatic rings. The van der Waals surface area contributed by atoms with Crippen molar-refractivity contribution in [1.82, 2.24) is 9.97 Å². The predicted octanol–water partition coefficient (Wildman–Crippen LogP) is 1.95. The van der Waals surface area contributed by atoms with Gasteiger partial charge in [0, 0.05) is 12.0 Å². The van der Waals surface area contributed by atoms with Crippen LogP contribution in [0.25, 0.3) is 0 Å². The van der Waals surface area contributed by atoms with E-state index in [1.165, 1.54) is 6.07 Å². The third-order valence-corrected chi connectivity index (χ3v) is 1.64. The number of nitrogens with zero attached hydrogens (tertiary/aromatic N) is 2. The molecule has 0 aliphatic heterocycles. The topological polar surface area (TPSA) is 63.1 Å². The lowest BCUT2D eigenvalue weighted by Gasteiger charge is -2.04. The van der Waals surface area contributed by atoms with Gasteiger partial charge in [-0.25, -0.2) is 14.8 Å². The fourth-order valence-corrected chi connectivity index (χ4v) is 0.993. The van der Waals surface area contributed by atoms with Crippen LogP contribution in [0.5, 0.6) is 0 Å². The zero-order valence-corrected chi connectivity index (χ0v) is 8.04. The number of carboxylic acids is 1. The maximum atomic E-state index is 10.6. The van der Waals surface area contributed by atoms with Crippen molar-refractivity contribution in [2.24, 2.45) is 0 Å². The molecule has 0 aliphatic carbocycles. The van der Waals surface area contributed by atoms with Gasteiger partial charge in [-0.05, 0) is 0 Å². The SMILES string of the molecule is CC(C)c1nc(Cl)cc(C(=O)O)n1. The smallest absolute Gasteiger partial charge is 0.354 e. The molecule has 1 rings (SSSR count). The average molecular weight is 201 g/mol. The highest BCUT2D eigenvalue weighted by Crippen LogP contribution is 2.13. The summed E-state index contributed by atoms with van der Waals surface area (Å²) in [6, 6.07) is 1.23. The van der Waals surface area contributed by atoms with Gasteiger partial charge in [-0.3, -0.25) is 0 Å². The maximum Gasteiger partial charge on any atom is 0.354 e. The molecule has 70 valence electrons. The normalized spacial score (nSPS) is 10.5. The van der Waals surface area contributed by atoms with Crippen molar-refractivity contribution in [3.05, 3.63) is 22.7 Å². The Balaban J connectivity index is 3.19. The lowest BCUT2D eigenvalue weighted by atomic mass is 10.2. The summed E-state index contributed by atoms with van der Waals surface area (Å²) in [6.07, 6.45) is 0. The molecular formula is C8H9ClN2O2. The summed E-state index contributed by atoms with van der Waals surface area (Å²) in [5.41, 5.74) is -0.0660. The van der Waals surface area contributed by atoms with Gasteiger partial charge < -0.3 is 5.11 Å². The van der Waals surface area contributed by atoms with Crippen LogP contribution in [0.15, 0.2) is 6.07 Å². The summed E-state index contributed by atoms with van der Waals surface area (Å²) >= 11 is 5.62. The van der Waals surface area contributed by atoms with E-state index in [0.29, 0.717) is 5.82 Å². The molecule has 0 aliphatic rings. The Morgan fingerprint density at radius 2 is 2.15 bits per heavy atom. The van der Waals surface area contributed by atoms with Gasteiger partial charge in [0.1, 0.15) is 11.0 Å². The van der Waals surface area contributed by atoms with E-state index in [9.17, 15) is 4.79 Å². The summed E-state index contributed by atoms with van der Waals surface area (Å²) in [5, 5.41) is 8.83. The second-order valence-electron chi connectivity index (χ2n) is 2.89. The zero-order chi connectivity index (χ0) is 10.0. The van der Waals surface area contributed by atoms with Gasteiger partial charge in [-0.2, -0.15) is 0 Å². The molecule has 0 fully saturated rings. The molecule has 0 radical (unpaired) electrons. The molecule has 0 saturated carbocycles. The number of hydrogen-bond donors (Lipinski definition) is 1. The Bertz CT molecular complexity index is 339. The van der Waals surface area contributed by atoms with Gasteiger partial charge in [0.25, 0.3) is 0 Å². The first-order chi connectivity index (χ1) is 6.00. The van der Waals surface area contributed by atoms with Crippen molar-refractivity contribution in [3.63, 3.8) is 0 Å². The molecule has 0 amide bonds. The average Bonchev–Trinajstić information content (AvgIpc) is 2.03. The molecule has 1 aromatic heterocycles. The Morgan fingerprint density at radius 3 is 2.62 bits per heavy atom. The largest absolute Gasteiger partial charge is 0.477 e. The van der Waals surface area contributed by atoms with Crippen LogP contribution in [0.4, 0.5) is 0 Å². The minimum atomic E-state index is -1.09. The molecule has 0 unspecified atom stereocenters. The van der Waals surface area contributed by atoms with Crippen LogP contribution in [0, 0.1) is 0 Å². The summed E-state index contributed by atoms with van der Waals surface area (Å²) < 4.78 is 0. The Hall–Kier alpha value is -1.16. The fourth-order valence-electron chi connectivity index (χ4n) is 0.803. The van der Waals surface area contributed by atoms with Crippen molar-refractivity contribution < 1.29 is 9.90 Å². The van der Waals surface area contributed by atoms with Crippen molar-refractivity contribution in [3.8, 4) is 0 Å². The number of aromatic carboxylic acids is 1. The summed E-state index contributed by atoms with van der Waals surface area (Å²) in [6.45, 7) is 3.74. The fraction of sp³-hybridized carbons (Fsp3) is 0.375. The van der Waals surface area contributed by atoms with Crippen LogP contribution < -0.4 is 0 Å². The molecular weight excluding hydrogens is 192 g/mol. The standard InChI is InChI=1S/C8H9ClN2O2/c1-4(2)7-10-5(8(12)13)3-6(9)11-7/h3-4H,1-2H3,(H,12,13). The van der Waals surface area contributed by atoms with Gasteiger partial charge >= 0.3 is 5.97 Å². The quantitative estimate of drug-likeness (QED) is 0.742. The summed E-state index contributed by atoms with van der Waals surface area (Å²) in [5.74, 6) is -0.576. The van der Waals surface area contributed by atoms with Crippen LogP contribution in [-0.4, -0.2) is 21.0 Å². The third kappa shape index (κ3) is 2.39. The number of carbonyl (C=O) groups is 1. The monoisotopic (exact) mass is 200 g/mol. The Kier molecular flexibility index (Phi) is 2.83. The van der Waals surface area contributed by atoms with Crippen LogP contribution >= 0.6 is 11.6 Å². The molecule has 13 heavy (non-hydrogen) atoms. The zero-order valence-electron chi connectivity index (χ0n) is 7.28. The highest BCUT2D eigenvalue weighted by Gasteiger charge is 2.11. The molecule has 5 heteroatoms. The lowest BCUT2D eigenvalue weighted by Crippen LogP contribution is -2.06. The van der Waals surface area contributed by atoms with E-state index in [1.807, 2.05) is 13.8 Å². The first-order valence-electron chi connectivity index (χ1n) is 3.78. The van der Waals surface area contributed by atoms with E-state index in [-0.39, 0.29) is 16.8 Å². The van der Waals surface area contributed by atoms with Gasteiger partial charge in [-0.1, -0.05) is 25.4 Å². The lowest BCUT2D eigenvalue weighted by molar-refractivity contribution is 0.0690. The van der Waals surface area contributed by atoms with E-state index in [0.717, 1.165) is 0 Å². The minimum absolute atomic E-state index is 0.0660. The van der Waals surface area contributed by atoms with Gasteiger partial charge in [0.2, 0.25) is 0 Å². The second kappa shape index (κ2) is 3.70. The number of halogens is 1. The first-order valence-corrected chi connectivity index (χ1v) is 4.16. The second-order valence-corrected chi connectivity index (χ2v) is 3.28. The van der Waals surface area contributed by atoms with Gasteiger partial charge in [0.15, 0.2) is 5.69 Å². The Labute approximate surface area is 80.6 Å². The van der Waals surface area contributed by atoms with Crippen LogP contribution in [0.1, 0.15) is 36.1 Å². The van der Waals surface area contributed by atoms with E-state index in [1.54, 1.807) is 0 Å². The van der Waals surface area contributed by atoms with E-state index in [2.05, 4.69) is 9.97 Å². The predicted molar refractivity (Wildman–Crippen MR) is 48.1 cm³/mol. The molecule has 1 N–H and O–H groups in total. The number of aromatic nitrogens is 2. The molecule has 1 heterocycles. The first kappa shape index (κ1) is 9.92. The Morgan fingerprint density at radius 1 is 1.54 bits per heavy atom. The molecule has 0 aromatic carbocycles. The highest BCUT2D eigenvalue weighted by atomic mass is 35.5. The number of hydrogen-bond acceptors (Lipinski definition) is 3. The van der Waals surface area contributed by atoms with E-state index in [4.69, 9.17) is 16.7 Å². The minimum Gasteiger partial charge on any atom is -0.477 e. The van der Waals surface area contributed by atoms with E-state index >= 15 is 0 Å². The van der Waals surface area contributed by atoms with Crippen LogP contribution in [0.3, 0.4) is 0 Å². The van der Waals surface area contributed by atoms with Crippen molar-refractivity contribution in [2.75, 3.05) is 0 Å². The van der Waals surface area contributed by atoms with Crippen LogP contribution in [0.2, 0.25) is 5.15 Å². The summed E-state index contributed by atoms with van der Waals surface area (Å²) in [7, 11) is 0. The molecule has 0 saturated heterocycles. The molecule has 0 atom stereocenters. The molecule has 4 nitrogen and oxygen atoms in total.